The molecule has 28 heavy (non-hydrogen) atoms. The molecule has 5 nitrogen and oxygen atoms in total. The molecule has 0 aliphatic heterocycles. The van der Waals surface area contributed by atoms with Crippen LogP contribution < -0.4 is 10.6 Å². The lowest BCUT2D eigenvalue weighted by atomic mass is 10.1. The summed E-state index contributed by atoms with van der Waals surface area (Å²) in [4.78, 5) is 29.3. The minimum atomic E-state index is -0.626. The number of rotatable bonds is 8. The Bertz CT molecular complexity index is 938. The minimum absolute atomic E-state index is 0.145. The van der Waals surface area contributed by atoms with E-state index in [-0.39, 0.29) is 18.2 Å². The van der Waals surface area contributed by atoms with Gasteiger partial charge in [0, 0.05) is 36.5 Å². The molecule has 0 saturated carbocycles. The Labute approximate surface area is 168 Å². The Morgan fingerprint density at radius 3 is 2.64 bits per heavy atom. The maximum Gasteiger partial charge on any atom is 0.261 e. The van der Waals surface area contributed by atoms with Crippen LogP contribution in [0.4, 0.5) is 13.9 Å². The van der Waals surface area contributed by atoms with E-state index in [4.69, 9.17) is 0 Å². The molecule has 2 heterocycles. The minimum Gasteiger partial charge on any atom is -0.351 e. The number of thiazole rings is 1. The topological polar surface area (TPSA) is 71.1 Å². The second kappa shape index (κ2) is 9.52. The van der Waals surface area contributed by atoms with Gasteiger partial charge < -0.3 is 10.6 Å². The quantitative estimate of drug-likeness (QED) is 0.535. The summed E-state index contributed by atoms with van der Waals surface area (Å²) in [5.74, 6) is -1.60. The van der Waals surface area contributed by atoms with Gasteiger partial charge in [0.15, 0.2) is 5.13 Å². The maximum atomic E-state index is 13.3. The number of nitrogens with zero attached hydrogens (tertiary/aromatic N) is 1. The molecule has 2 N–H and O–H groups in total. The molecular formula is C19H17F2N3O2S2. The summed E-state index contributed by atoms with van der Waals surface area (Å²) in [6.07, 6.45) is 2.65. The predicted molar refractivity (Wildman–Crippen MR) is 106 cm³/mol. The highest BCUT2D eigenvalue weighted by Crippen LogP contribution is 2.22. The first kappa shape index (κ1) is 20.1. The van der Waals surface area contributed by atoms with Crippen molar-refractivity contribution < 1.29 is 18.4 Å². The van der Waals surface area contributed by atoms with E-state index in [1.54, 1.807) is 18.3 Å². The van der Waals surface area contributed by atoms with Gasteiger partial charge in [0.25, 0.3) is 5.91 Å². The lowest BCUT2D eigenvalue weighted by Gasteiger charge is -2.04. The van der Waals surface area contributed by atoms with Gasteiger partial charge in [0.2, 0.25) is 5.91 Å². The van der Waals surface area contributed by atoms with Gasteiger partial charge >= 0.3 is 0 Å². The summed E-state index contributed by atoms with van der Waals surface area (Å²) < 4.78 is 26.5. The van der Waals surface area contributed by atoms with Gasteiger partial charge in [0.05, 0.1) is 4.88 Å². The van der Waals surface area contributed by atoms with Crippen LogP contribution in [-0.4, -0.2) is 23.3 Å². The highest BCUT2D eigenvalue weighted by atomic mass is 32.1. The zero-order valence-electron chi connectivity index (χ0n) is 14.7. The van der Waals surface area contributed by atoms with Gasteiger partial charge in [0.1, 0.15) is 11.6 Å². The van der Waals surface area contributed by atoms with Gasteiger partial charge in [-0.25, -0.2) is 13.8 Å². The zero-order chi connectivity index (χ0) is 19.9. The lowest BCUT2D eigenvalue weighted by Crippen LogP contribution is -2.24. The van der Waals surface area contributed by atoms with Crippen molar-refractivity contribution in [3.05, 3.63) is 68.9 Å². The Balaban J connectivity index is 1.41. The first-order chi connectivity index (χ1) is 13.5. The van der Waals surface area contributed by atoms with E-state index in [1.807, 2.05) is 5.38 Å². The highest BCUT2D eigenvalue weighted by Gasteiger charge is 2.10. The molecule has 3 rings (SSSR count). The highest BCUT2D eigenvalue weighted by molar-refractivity contribution is 7.15. The second-order valence-electron chi connectivity index (χ2n) is 5.97. The number of carbonyl (C=O) groups is 2. The zero-order valence-corrected chi connectivity index (χ0v) is 16.3. The third-order valence-corrected chi connectivity index (χ3v) is 5.49. The molecule has 0 atom stereocenters. The molecule has 0 spiro atoms. The van der Waals surface area contributed by atoms with Crippen LogP contribution >= 0.6 is 22.7 Å². The van der Waals surface area contributed by atoms with Gasteiger partial charge in [-0.2, -0.15) is 0 Å². The lowest BCUT2D eigenvalue weighted by molar-refractivity contribution is -0.116. The van der Waals surface area contributed by atoms with Gasteiger partial charge in [-0.15, -0.1) is 22.7 Å². The molecule has 0 aliphatic rings. The second-order valence-corrected chi connectivity index (χ2v) is 8.03. The van der Waals surface area contributed by atoms with Crippen molar-refractivity contribution in [2.45, 2.75) is 19.3 Å². The SMILES string of the molecule is O=C(CCCNC(=O)c1cccs1)Nc1ncc(Cc2cc(F)cc(F)c2)s1. The average molecular weight is 421 g/mol. The van der Waals surface area contributed by atoms with Crippen LogP contribution in [0, 0.1) is 11.6 Å². The van der Waals surface area contributed by atoms with Crippen molar-refractivity contribution in [1.82, 2.24) is 10.3 Å². The fourth-order valence-electron chi connectivity index (χ4n) is 2.49. The number of carbonyl (C=O) groups excluding carboxylic acids is 2. The van der Waals surface area contributed by atoms with E-state index in [0.717, 1.165) is 10.9 Å². The molecule has 2 amide bonds. The van der Waals surface area contributed by atoms with Gasteiger partial charge in [-0.3, -0.25) is 9.59 Å². The number of benzene rings is 1. The fourth-order valence-corrected chi connectivity index (χ4v) is 3.99. The Morgan fingerprint density at radius 1 is 1.14 bits per heavy atom. The molecular weight excluding hydrogens is 404 g/mol. The summed E-state index contributed by atoms with van der Waals surface area (Å²) in [5.41, 5.74) is 0.500. The molecule has 0 bridgehead atoms. The van der Waals surface area contributed by atoms with Crippen LogP contribution in [0.5, 0.6) is 0 Å². The molecule has 9 heteroatoms. The number of hydrogen-bond acceptors (Lipinski definition) is 5. The first-order valence-corrected chi connectivity index (χ1v) is 10.2. The van der Waals surface area contributed by atoms with Crippen molar-refractivity contribution in [3.8, 4) is 0 Å². The van der Waals surface area contributed by atoms with Crippen LogP contribution in [0.3, 0.4) is 0 Å². The predicted octanol–water partition coefficient (Wildman–Crippen LogP) is 4.22. The van der Waals surface area contributed by atoms with Crippen molar-refractivity contribution in [2.75, 3.05) is 11.9 Å². The fraction of sp³-hybridized carbons (Fsp3) is 0.211. The van der Waals surface area contributed by atoms with E-state index < -0.39 is 11.6 Å². The van der Waals surface area contributed by atoms with Crippen molar-refractivity contribution in [3.63, 3.8) is 0 Å². The largest absolute Gasteiger partial charge is 0.351 e. The van der Waals surface area contributed by atoms with Crippen molar-refractivity contribution in [1.29, 1.82) is 0 Å². The summed E-state index contributed by atoms with van der Waals surface area (Å²) in [6, 6.07) is 6.91. The monoisotopic (exact) mass is 421 g/mol. The third kappa shape index (κ3) is 5.93. The van der Waals surface area contributed by atoms with Crippen molar-refractivity contribution in [2.24, 2.45) is 0 Å². The number of nitrogens with one attached hydrogen (secondary N) is 2. The average Bonchev–Trinajstić information content (AvgIpc) is 3.30. The first-order valence-electron chi connectivity index (χ1n) is 8.51. The number of thiophene rings is 1. The van der Waals surface area contributed by atoms with Gasteiger partial charge in [-0.1, -0.05) is 6.07 Å². The van der Waals surface area contributed by atoms with Crippen LogP contribution in [0.1, 0.15) is 33.0 Å². The van der Waals surface area contributed by atoms with Crippen molar-refractivity contribution >= 4 is 39.6 Å². The Hall–Kier alpha value is -2.65. The van der Waals surface area contributed by atoms with E-state index in [9.17, 15) is 18.4 Å². The van der Waals surface area contributed by atoms with Gasteiger partial charge in [-0.05, 0) is 35.6 Å². The van der Waals surface area contributed by atoms with E-state index in [0.29, 0.717) is 35.0 Å². The van der Waals surface area contributed by atoms with Crippen LogP contribution in [0.15, 0.2) is 41.9 Å². The number of anilines is 1. The molecule has 0 aliphatic carbocycles. The normalized spacial score (nSPS) is 10.6. The number of hydrogen-bond donors (Lipinski definition) is 2. The van der Waals surface area contributed by atoms with Crippen LogP contribution in [0.2, 0.25) is 0 Å². The maximum absolute atomic E-state index is 13.3. The summed E-state index contributed by atoms with van der Waals surface area (Å²) in [6.45, 7) is 0.401. The molecule has 0 fully saturated rings. The molecule has 146 valence electrons. The smallest absolute Gasteiger partial charge is 0.261 e. The van der Waals surface area contributed by atoms with E-state index >= 15 is 0 Å². The molecule has 3 aromatic rings. The Kier molecular flexibility index (Phi) is 6.83. The molecule has 1 aromatic carbocycles. The summed E-state index contributed by atoms with van der Waals surface area (Å²) in [7, 11) is 0. The van der Waals surface area contributed by atoms with E-state index in [1.165, 1.54) is 34.8 Å². The molecule has 0 unspecified atom stereocenters. The molecule has 0 radical (unpaired) electrons. The molecule has 2 aromatic heterocycles. The molecule has 0 saturated heterocycles. The summed E-state index contributed by atoms with van der Waals surface area (Å²) in [5, 5.41) is 7.72. The summed E-state index contributed by atoms with van der Waals surface area (Å²) >= 11 is 2.62. The van der Waals surface area contributed by atoms with Crippen LogP contribution in [0.25, 0.3) is 0 Å². The number of halogens is 2. The standard InChI is InChI=1S/C19H17F2N3O2S2/c20-13-7-12(8-14(21)10-13)9-15-11-23-19(28-15)24-17(25)4-1-5-22-18(26)16-3-2-6-27-16/h2-3,6-8,10-11H,1,4-5,9H2,(H,22,26)(H,23,24,25). The third-order valence-electron chi connectivity index (χ3n) is 3.71. The number of amides is 2. The Morgan fingerprint density at radius 2 is 1.93 bits per heavy atom. The van der Waals surface area contributed by atoms with Crippen LogP contribution in [-0.2, 0) is 11.2 Å². The number of aromatic nitrogens is 1. The van der Waals surface area contributed by atoms with E-state index in [2.05, 4.69) is 15.6 Å².